The van der Waals surface area contributed by atoms with Gasteiger partial charge in [0.25, 0.3) is 0 Å². The van der Waals surface area contributed by atoms with Crippen molar-refractivity contribution in [2.45, 2.75) is 31.9 Å². The summed E-state index contributed by atoms with van der Waals surface area (Å²) in [7, 11) is 3.12. The Morgan fingerprint density at radius 3 is 2.34 bits per heavy atom. The molecule has 1 aliphatic carbocycles. The number of aliphatic hydroxyl groups is 1. The maximum Gasteiger partial charge on any atom is 0.169 e. The SMILES string of the molecule is COc1cc2c(cc1OC)[C@H](O)[C@H](CC1CCN(Cc3ccccc3)CC1)C2=O. The van der Waals surface area contributed by atoms with Gasteiger partial charge in [-0.1, -0.05) is 30.3 Å². The third kappa shape index (κ3) is 4.02. The lowest BCUT2D eigenvalue weighted by Crippen LogP contribution is -2.34. The number of methoxy groups -OCH3 is 2. The third-order valence-corrected chi connectivity index (χ3v) is 6.40. The van der Waals surface area contributed by atoms with Crippen molar-refractivity contribution < 1.29 is 19.4 Å². The molecule has 29 heavy (non-hydrogen) atoms. The number of ketones is 1. The highest BCUT2D eigenvalue weighted by molar-refractivity contribution is 6.03. The fourth-order valence-corrected chi connectivity index (χ4v) is 4.73. The van der Waals surface area contributed by atoms with E-state index in [1.54, 1.807) is 26.4 Å². The summed E-state index contributed by atoms with van der Waals surface area (Å²) in [5, 5.41) is 10.8. The molecular weight excluding hydrogens is 366 g/mol. The van der Waals surface area contributed by atoms with E-state index in [1.807, 2.05) is 6.07 Å². The second kappa shape index (κ2) is 8.56. The van der Waals surface area contributed by atoms with Crippen LogP contribution in [-0.2, 0) is 6.54 Å². The molecule has 0 spiro atoms. The largest absolute Gasteiger partial charge is 0.493 e. The van der Waals surface area contributed by atoms with Gasteiger partial charge in [0, 0.05) is 12.1 Å². The minimum Gasteiger partial charge on any atom is -0.493 e. The molecule has 0 amide bonds. The summed E-state index contributed by atoms with van der Waals surface area (Å²) in [5.41, 5.74) is 2.58. The van der Waals surface area contributed by atoms with Crippen LogP contribution in [0.25, 0.3) is 0 Å². The fourth-order valence-electron chi connectivity index (χ4n) is 4.73. The van der Waals surface area contributed by atoms with Gasteiger partial charge in [0.1, 0.15) is 0 Å². The van der Waals surface area contributed by atoms with Crippen molar-refractivity contribution >= 4 is 5.78 Å². The van der Waals surface area contributed by atoms with Crippen LogP contribution in [0.2, 0.25) is 0 Å². The van der Waals surface area contributed by atoms with Crippen LogP contribution in [0.1, 0.15) is 46.9 Å². The molecule has 5 heteroatoms. The van der Waals surface area contributed by atoms with Gasteiger partial charge in [-0.05, 0) is 61.5 Å². The third-order valence-electron chi connectivity index (χ3n) is 6.40. The van der Waals surface area contributed by atoms with E-state index in [0.29, 0.717) is 28.5 Å². The van der Waals surface area contributed by atoms with Crippen LogP contribution in [0, 0.1) is 11.8 Å². The number of aliphatic hydroxyl groups excluding tert-OH is 1. The zero-order chi connectivity index (χ0) is 20.4. The summed E-state index contributed by atoms with van der Waals surface area (Å²) in [6.45, 7) is 3.04. The van der Waals surface area contributed by atoms with Crippen molar-refractivity contribution in [3.8, 4) is 11.5 Å². The van der Waals surface area contributed by atoms with Crippen LogP contribution in [0.15, 0.2) is 42.5 Å². The van der Waals surface area contributed by atoms with E-state index >= 15 is 0 Å². The Hall–Kier alpha value is -2.37. The van der Waals surface area contributed by atoms with E-state index in [2.05, 4.69) is 29.2 Å². The standard InChI is InChI=1S/C24H29NO4/c1-28-21-13-18-19(14-22(21)29-2)24(27)20(23(18)26)12-16-8-10-25(11-9-16)15-17-6-4-3-5-7-17/h3-7,13-14,16,20,23,26H,8-12,15H2,1-2H3/t20-,23-/m0/s1. The average molecular weight is 395 g/mol. The number of rotatable bonds is 6. The first kappa shape index (κ1) is 19.9. The Balaban J connectivity index is 1.38. The number of carbonyl (C=O) groups is 1. The molecule has 2 aromatic carbocycles. The molecule has 2 aromatic rings. The molecule has 0 radical (unpaired) electrons. The van der Waals surface area contributed by atoms with Gasteiger partial charge in [-0.2, -0.15) is 0 Å². The van der Waals surface area contributed by atoms with E-state index in [1.165, 1.54) is 5.56 Å². The molecule has 5 nitrogen and oxygen atoms in total. The Kier molecular flexibility index (Phi) is 5.88. The molecule has 1 heterocycles. The number of carbonyl (C=O) groups excluding carboxylic acids is 1. The lowest BCUT2D eigenvalue weighted by Gasteiger charge is -2.33. The van der Waals surface area contributed by atoms with Gasteiger partial charge in [-0.3, -0.25) is 9.69 Å². The molecule has 0 unspecified atom stereocenters. The van der Waals surface area contributed by atoms with E-state index in [-0.39, 0.29) is 11.7 Å². The number of piperidine rings is 1. The molecule has 1 saturated heterocycles. The van der Waals surface area contributed by atoms with Gasteiger partial charge in [0.05, 0.1) is 26.2 Å². The maximum atomic E-state index is 13.0. The van der Waals surface area contributed by atoms with E-state index in [9.17, 15) is 9.90 Å². The second-order valence-electron chi connectivity index (χ2n) is 8.15. The second-order valence-corrected chi connectivity index (χ2v) is 8.15. The van der Waals surface area contributed by atoms with Gasteiger partial charge in [0.15, 0.2) is 17.3 Å². The lowest BCUT2D eigenvalue weighted by atomic mass is 9.84. The van der Waals surface area contributed by atoms with Gasteiger partial charge in [0.2, 0.25) is 0 Å². The summed E-state index contributed by atoms with van der Waals surface area (Å²) >= 11 is 0. The number of ether oxygens (including phenoxy) is 2. The smallest absolute Gasteiger partial charge is 0.169 e. The monoisotopic (exact) mass is 395 g/mol. The molecule has 0 bridgehead atoms. The van der Waals surface area contributed by atoms with Crippen molar-refractivity contribution in [2.24, 2.45) is 11.8 Å². The minimum atomic E-state index is -0.764. The Morgan fingerprint density at radius 2 is 1.69 bits per heavy atom. The summed E-state index contributed by atoms with van der Waals surface area (Å²) < 4.78 is 10.7. The van der Waals surface area contributed by atoms with E-state index in [4.69, 9.17) is 9.47 Å². The predicted octanol–water partition coefficient (Wildman–Crippen LogP) is 3.85. The number of hydrogen-bond donors (Lipinski definition) is 1. The van der Waals surface area contributed by atoms with Crippen molar-refractivity contribution in [1.29, 1.82) is 0 Å². The quantitative estimate of drug-likeness (QED) is 0.805. The maximum absolute atomic E-state index is 13.0. The van der Waals surface area contributed by atoms with Crippen LogP contribution in [0.3, 0.4) is 0 Å². The lowest BCUT2D eigenvalue weighted by molar-refractivity contribution is 0.0644. The number of likely N-dealkylation sites (tertiary alicyclic amines) is 1. The van der Waals surface area contributed by atoms with Crippen LogP contribution in [0.5, 0.6) is 11.5 Å². The van der Waals surface area contributed by atoms with E-state index < -0.39 is 6.10 Å². The number of nitrogens with zero attached hydrogens (tertiary/aromatic N) is 1. The highest BCUT2D eigenvalue weighted by atomic mass is 16.5. The van der Waals surface area contributed by atoms with Gasteiger partial charge in [-0.25, -0.2) is 0 Å². The number of hydrogen-bond acceptors (Lipinski definition) is 5. The van der Waals surface area contributed by atoms with Crippen molar-refractivity contribution in [1.82, 2.24) is 4.90 Å². The van der Waals surface area contributed by atoms with Gasteiger partial charge >= 0.3 is 0 Å². The Bertz CT molecular complexity index is 859. The molecule has 1 aliphatic heterocycles. The molecule has 0 saturated carbocycles. The zero-order valence-corrected chi connectivity index (χ0v) is 17.1. The summed E-state index contributed by atoms with van der Waals surface area (Å²) in [5.74, 6) is 1.20. The zero-order valence-electron chi connectivity index (χ0n) is 17.1. The number of Topliss-reactive ketones (excluding diaryl/α,β-unsaturated/α-hetero) is 1. The molecule has 2 aliphatic rings. The first-order valence-electron chi connectivity index (χ1n) is 10.3. The normalized spacial score (nSPS) is 22.5. The molecule has 1 N–H and O–H groups in total. The topological polar surface area (TPSA) is 59.0 Å². The highest BCUT2D eigenvalue weighted by Crippen LogP contribution is 2.45. The molecule has 1 fully saturated rings. The van der Waals surface area contributed by atoms with Crippen molar-refractivity contribution in [3.63, 3.8) is 0 Å². The van der Waals surface area contributed by atoms with Crippen molar-refractivity contribution in [3.05, 3.63) is 59.2 Å². The Labute approximate surface area is 172 Å². The fraction of sp³-hybridized carbons (Fsp3) is 0.458. The van der Waals surface area contributed by atoms with Gasteiger partial charge < -0.3 is 14.6 Å². The number of fused-ring (bicyclic) bond motifs is 1. The highest BCUT2D eigenvalue weighted by Gasteiger charge is 2.41. The van der Waals surface area contributed by atoms with E-state index in [0.717, 1.165) is 38.9 Å². The summed E-state index contributed by atoms with van der Waals surface area (Å²) in [4.78, 5) is 15.5. The average Bonchev–Trinajstić information content (AvgIpc) is 2.99. The Morgan fingerprint density at radius 1 is 1.03 bits per heavy atom. The summed E-state index contributed by atoms with van der Waals surface area (Å²) in [6.07, 6.45) is 2.09. The number of benzene rings is 2. The van der Waals surface area contributed by atoms with Crippen LogP contribution < -0.4 is 9.47 Å². The predicted molar refractivity (Wildman–Crippen MR) is 111 cm³/mol. The van der Waals surface area contributed by atoms with Gasteiger partial charge in [-0.15, -0.1) is 0 Å². The summed E-state index contributed by atoms with van der Waals surface area (Å²) in [6, 6.07) is 14.0. The van der Waals surface area contributed by atoms with Crippen molar-refractivity contribution in [2.75, 3.05) is 27.3 Å². The van der Waals surface area contributed by atoms with Crippen LogP contribution in [-0.4, -0.2) is 43.1 Å². The first-order chi connectivity index (χ1) is 14.1. The minimum absolute atomic E-state index is 0.0279. The molecule has 4 rings (SSSR count). The molecule has 0 aromatic heterocycles. The van der Waals surface area contributed by atoms with Crippen LogP contribution in [0.4, 0.5) is 0 Å². The molecule has 154 valence electrons. The van der Waals surface area contributed by atoms with Crippen LogP contribution >= 0.6 is 0 Å². The first-order valence-corrected chi connectivity index (χ1v) is 10.3. The molecular formula is C24H29NO4. The molecule has 2 atom stereocenters.